The number of para-hydroxylation sites is 2. The van der Waals surface area contributed by atoms with E-state index in [-0.39, 0.29) is 24.0 Å². The molecule has 0 aliphatic carbocycles. The molecule has 1 unspecified atom stereocenters. The van der Waals surface area contributed by atoms with Gasteiger partial charge in [-0.25, -0.2) is 8.42 Å². The summed E-state index contributed by atoms with van der Waals surface area (Å²) >= 11 is 0. The summed E-state index contributed by atoms with van der Waals surface area (Å²) in [5.41, 5.74) is 1.68. The van der Waals surface area contributed by atoms with Crippen molar-refractivity contribution in [2.75, 3.05) is 17.2 Å². The first-order valence-electron chi connectivity index (χ1n) is 7.91. The van der Waals surface area contributed by atoms with Crippen LogP contribution in [0.2, 0.25) is 0 Å². The number of anilines is 1. The van der Waals surface area contributed by atoms with E-state index in [1.54, 1.807) is 17.0 Å². The lowest BCUT2D eigenvalue weighted by Crippen LogP contribution is -2.25. The molecule has 1 aliphatic rings. The normalized spacial score (nSPS) is 17.7. The summed E-state index contributed by atoms with van der Waals surface area (Å²) in [7, 11) is 1.69. The van der Waals surface area contributed by atoms with Crippen molar-refractivity contribution in [2.24, 2.45) is 5.92 Å². The molecule has 2 aromatic carbocycles. The van der Waals surface area contributed by atoms with Crippen LogP contribution in [0.5, 0.6) is 5.75 Å². The number of hydrogen-bond acceptors (Lipinski definition) is 4. The van der Waals surface area contributed by atoms with Gasteiger partial charge in [-0.15, -0.1) is 0 Å². The van der Waals surface area contributed by atoms with Crippen LogP contribution < -0.4 is 9.64 Å². The smallest absolute Gasteiger partial charge is 0.232 e. The van der Waals surface area contributed by atoms with Crippen LogP contribution in [-0.4, -0.2) is 26.6 Å². The van der Waals surface area contributed by atoms with Gasteiger partial charge in [-0.3, -0.25) is 4.79 Å². The van der Waals surface area contributed by atoms with E-state index in [9.17, 15) is 13.2 Å². The maximum atomic E-state index is 12.3. The van der Waals surface area contributed by atoms with Gasteiger partial charge in [0, 0.05) is 29.6 Å². The molecule has 2 aromatic rings. The molecule has 1 heterocycles. The fourth-order valence-corrected chi connectivity index (χ4v) is 4.27. The van der Waals surface area contributed by atoms with Crippen LogP contribution in [0, 0.1) is 5.92 Å². The Bertz CT molecular complexity index is 854. The van der Waals surface area contributed by atoms with E-state index in [1.807, 2.05) is 42.5 Å². The minimum absolute atomic E-state index is 0.124. The Balaban J connectivity index is 1.75. The van der Waals surface area contributed by atoms with Gasteiger partial charge in [0.25, 0.3) is 0 Å². The summed E-state index contributed by atoms with van der Waals surface area (Å²) in [6, 6.07) is 17.0. The number of rotatable bonds is 6. The van der Waals surface area contributed by atoms with E-state index < -0.39 is 9.05 Å². The molecule has 1 saturated heterocycles. The van der Waals surface area contributed by atoms with Crippen LogP contribution in [0.25, 0.3) is 0 Å². The van der Waals surface area contributed by atoms with E-state index in [4.69, 9.17) is 15.4 Å². The Morgan fingerprint density at radius 3 is 2.48 bits per heavy atom. The van der Waals surface area contributed by atoms with Crippen molar-refractivity contribution >= 4 is 31.3 Å². The number of amides is 1. The van der Waals surface area contributed by atoms with Gasteiger partial charge in [0.1, 0.15) is 12.4 Å². The predicted octanol–water partition coefficient (Wildman–Crippen LogP) is 3.19. The van der Waals surface area contributed by atoms with Crippen LogP contribution in [0.15, 0.2) is 54.6 Å². The van der Waals surface area contributed by atoms with Gasteiger partial charge in [0.2, 0.25) is 15.0 Å². The summed E-state index contributed by atoms with van der Waals surface area (Å²) in [5.74, 6) is -0.0450. The number of benzene rings is 2. The highest BCUT2D eigenvalue weighted by molar-refractivity contribution is 8.13. The lowest BCUT2D eigenvalue weighted by Gasteiger charge is -2.20. The van der Waals surface area contributed by atoms with Gasteiger partial charge in [0.05, 0.1) is 11.4 Å². The predicted molar refractivity (Wildman–Crippen MR) is 97.3 cm³/mol. The zero-order valence-electron chi connectivity index (χ0n) is 13.5. The molecule has 1 atom stereocenters. The molecule has 0 bridgehead atoms. The Morgan fingerprint density at radius 2 is 1.76 bits per heavy atom. The first kappa shape index (κ1) is 17.8. The summed E-state index contributed by atoms with van der Waals surface area (Å²) in [5, 5.41) is 0. The molecular weight excluding hydrogens is 362 g/mol. The Labute approximate surface area is 151 Å². The topological polar surface area (TPSA) is 63.7 Å². The molecule has 7 heteroatoms. The third-order valence-electron chi connectivity index (χ3n) is 4.03. The number of ether oxygens (including phenoxy) is 1. The molecule has 1 amide bonds. The zero-order chi connectivity index (χ0) is 17.9. The second-order valence-electron chi connectivity index (χ2n) is 6.02. The summed E-state index contributed by atoms with van der Waals surface area (Å²) in [6.45, 7) is 0.704. The van der Waals surface area contributed by atoms with Gasteiger partial charge in [-0.1, -0.05) is 42.5 Å². The summed E-state index contributed by atoms with van der Waals surface area (Å²) in [6.07, 6.45) is 0.166. The van der Waals surface area contributed by atoms with E-state index >= 15 is 0 Å². The molecule has 3 rings (SSSR count). The Kier molecular flexibility index (Phi) is 5.30. The Morgan fingerprint density at radius 1 is 1.08 bits per heavy atom. The van der Waals surface area contributed by atoms with E-state index in [0.717, 1.165) is 5.56 Å². The standard InChI is InChI=1S/C18H18ClNO4S/c19-25(22,23)13-15-10-18(21)20(11-15)16-8-4-5-9-17(16)24-12-14-6-2-1-3-7-14/h1-9,15H,10-13H2. The van der Waals surface area contributed by atoms with Crippen LogP contribution >= 0.6 is 10.7 Å². The molecule has 1 fully saturated rings. The van der Waals surface area contributed by atoms with Crippen molar-refractivity contribution in [2.45, 2.75) is 13.0 Å². The maximum Gasteiger partial charge on any atom is 0.232 e. The zero-order valence-corrected chi connectivity index (χ0v) is 15.0. The Hall–Kier alpha value is -2.05. The van der Waals surface area contributed by atoms with Gasteiger partial charge in [-0.2, -0.15) is 0 Å². The molecule has 132 valence electrons. The average Bonchev–Trinajstić information content (AvgIpc) is 2.92. The largest absolute Gasteiger partial charge is 0.487 e. The van der Waals surface area contributed by atoms with Crippen molar-refractivity contribution in [1.29, 1.82) is 0 Å². The maximum absolute atomic E-state index is 12.3. The molecule has 0 saturated carbocycles. The summed E-state index contributed by atoms with van der Waals surface area (Å²) < 4.78 is 28.4. The first-order chi connectivity index (χ1) is 11.9. The van der Waals surface area contributed by atoms with Crippen molar-refractivity contribution in [1.82, 2.24) is 0 Å². The number of carbonyl (C=O) groups excluding carboxylic acids is 1. The van der Waals surface area contributed by atoms with Gasteiger partial charge in [0.15, 0.2) is 0 Å². The van der Waals surface area contributed by atoms with E-state index in [0.29, 0.717) is 24.6 Å². The highest BCUT2D eigenvalue weighted by Crippen LogP contribution is 2.34. The second kappa shape index (κ2) is 7.45. The van der Waals surface area contributed by atoms with Crippen molar-refractivity contribution in [3.63, 3.8) is 0 Å². The lowest BCUT2D eigenvalue weighted by molar-refractivity contribution is -0.117. The molecule has 0 N–H and O–H groups in total. The number of nitrogens with zero attached hydrogens (tertiary/aromatic N) is 1. The van der Waals surface area contributed by atoms with Crippen molar-refractivity contribution < 1.29 is 17.9 Å². The van der Waals surface area contributed by atoms with Crippen molar-refractivity contribution in [3.05, 3.63) is 60.2 Å². The molecule has 25 heavy (non-hydrogen) atoms. The van der Waals surface area contributed by atoms with Crippen LogP contribution in [-0.2, 0) is 20.5 Å². The lowest BCUT2D eigenvalue weighted by atomic mass is 10.1. The minimum Gasteiger partial charge on any atom is -0.487 e. The average molecular weight is 380 g/mol. The quantitative estimate of drug-likeness (QED) is 0.723. The van der Waals surface area contributed by atoms with Gasteiger partial charge in [-0.05, 0) is 17.7 Å². The molecular formula is C18H18ClNO4S. The van der Waals surface area contributed by atoms with Crippen LogP contribution in [0.4, 0.5) is 5.69 Å². The van der Waals surface area contributed by atoms with Gasteiger partial charge >= 0.3 is 0 Å². The first-order valence-corrected chi connectivity index (χ1v) is 10.4. The third kappa shape index (κ3) is 4.74. The highest BCUT2D eigenvalue weighted by atomic mass is 35.7. The molecule has 0 aromatic heterocycles. The summed E-state index contributed by atoms with van der Waals surface area (Å²) in [4.78, 5) is 13.9. The van der Waals surface area contributed by atoms with E-state index in [2.05, 4.69) is 0 Å². The SMILES string of the molecule is O=C1CC(CS(=O)(=O)Cl)CN1c1ccccc1OCc1ccccc1. The van der Waals surface area contributed by atoms with Crippen molar-refractivity contribution in [3.8, 4) is 5.75 Å². The minimum atomic E-state index is -3.63. The third-order valence-corrected chi connectivity index (χ3v) is 5.28. The monoisotopic (exact) mass is 379 g/mol. The molecule has 5 nitrogen and oxygen atoms in total. The number of hydrogen-bond donors (Lipinski definition) is 0. The molecule has 0 radical (unpaired) electrons. The highest BCUT2D eigenvalue weighted by Gasteiger charge is 2.34. The molecule has 1 aliphatic heterocycles. The fraction of sp³-hybridized carbons (Fsp3) is 0.278. The van der Waals surface area contributed by atoms with E-state index in [1.165, 1.54) is 0 Å². The number of carbonyl (C=O) groups is 1. The second-order valence-corrected chi connectivity index (χ2v) is 8.84. The molecule has 0 spiro atoms. The van der Waals surface area contributed by atoms with Gasteiger partial charge < -0.3 is 9.64 Å². The fourth-order valence-electron chi connectivity index (χ4n) is 2.95. The van der Waals surface area contributed by atoms with Crippen LogP contribution in [0.3, 0.4) is 0 Å². The van der Waals surface area contributed by atoms with Crippen LogP contribution in [0.1, 0.15) is 12.0 Å². The number of halogens is 1.